The van der Waals surface area contributed by atoms with Gasteiger partial charge in [0.2, 0.25) is 0 Å². The van der Waals surface area contributed by atoms with E-state index in [2.05, 4.69) is 69.0 Å². The van der Waals surface area contributed by atoms with E-state index in [1.165, 1.54) is 49.7 Å². The second kappa shape index (κ2) is 6.04. The van der Waals surface area contributed by atoms with Crippen molar-refractivity contribution in [1.82, 2.24) is 0 Å². The fourth-order valence-corrected chi connectivity index (χ4v) is 3.60. The van der Waals surface area contributed by atoms with Crippen LogP contribution in [-0.2, 0) is 6.42 Å². The fourth-order valence-electron chi connectivity index (χ4n) is 3.60. The molecule has 0 aliphatic heterocycles. The van der Waals surface area contributed by atoms with Gasteiger partial charge < -0.3 is 0 Å². The number of benzene rings is 3. The normalized spacial score (nSPS) is 12.3. The van der Waals surface area contributed by atoms with Gasteiger partial charge in [-0.05, 0) is 64.4 Å². The highest BCUT2D eigenvalue weighted by molar-refractivity contribution is 6.02. The van der Waals surface area contributed by atoms with Crippen LogP contribution in [0.5, 0.6) is 0 Å². The Bertz CT molecular complexity index is 897. The highest BCUT2D eigenvalue weighted by atomic mass is 14.2. The quantitative estimate of drug-likeness (QED) is 0.350. The third-order valence-corrected chi connectivity index (χ3v) is 4.61. The van der Waals surface area contributed by atoms with E-state index in [1.807, 2.05) is 13.8 Å². The van der Waals surface area contributed by atoms with E-state index in [0.717, 1.165) is 6.42 Å². The van der Waals surface area contributed by atoms with Gasteiger partial charge in [0.25, 0.3) is 0 Å². The molecule has 0 saturated carbocycles. The summed E-state index contributed by atoms with van der Waals surface area (Å²) in [5.41, 5.74) is 9.29. The average molecular weight is 300 g/mol. The predicted octanol–water partition coefficient (Wildman–Crippen LogP) is 6.45. The van der Waals surface area contributed by atoms with Crippen LogP contribution in [0.1, 0.15) is 47.2 Å². The Morgan fingerprint density at radius 2 is 1.65 bits per heavy atom. The van der Waals surface area contributed by atoms with Crippen LogP contribution in [0.4, 0.5) is 0 Å². The molecule has 0 nitrogen and oxygen atoms in total. The lowest BCUT2D eigenvalue weighted by molar-refractivity contribution is 1.14. The lowest BCUT2D eigenvalue weighted by Gasteiger charge is -2.24. The molecule has 0 bridgehead atoms. The van der Waals surface area contributed by atoms with Gasteiger partial charge >= 0.3 is 0 Å². The molecule has 116 valence electrons. The van der Waals surface area contributed by atoms with Crippen molar-refractivity contribution < 1.29 is 0 Å². The predicted molar refractivity (Wildman–Crippen MR) is 102 cm³/mol. The largest absolute Gasteiger partial charge is 0.0905 e. The van der Waals surface area contributed by atoms with Gasteiger partial charge in [0.05, 0.1) is 0 Å². The minimum atomic E-state index is 1.01. The molecular formula is C23H24. The summed E-state index contributed by atoms with van der Waals surface area (Å²) in [6, 6.07) is 17.8. The van der Waals surface area contributed by atoms with Crippen LogP contribution in [0, 0.1) is 13.8 Å². The summed E-state index contributed by atoms with van der Waals surface area (Å²) in [5.74, 6) is 0. The van der Waals surface area contributed by atoms with Gasteiger partial charge in [0.15, 0.2) is 0 Å². The molecule has 0 amide bonds. The Kier molecular flexibility index (Phi) is 4.09. The Morgan fingerprint density at radius 3 is 2.43 bits per heavy atom. The van der Waals surface area contributed by atoms with Gasteiger partial charge in [-0.1, -0.05) is 74.5 Å². The maximum absolute atomic E-state index is 4.42. The van der Waals surface area contributed by atoms with Crippen molar-refractivity contribution in [2.45, 2.75) is 34.1 Å². The molecule has 0 aromatic heterocycles. The van der Waals surface area contributed by atoms with E-state index in [9.17, 15) is 0 Å². The van der Waals surface area contributed by atoms with Crippen LogP contribution in [0.25, 0.3) is 16.3 Å². The number of fused-ring (bicyclic) bond motifs is 4. The highest BCUT2D eigenvalue weighted by Crippen LogP contribution is 2.40. The molecule has 0 unspecified atom stereocenters. The maximum Gasteiger partial charge on any atom is -0.00131 e. The van der Waals surface area contributed by atoms with Gasteiger partial charge in [0.1, 0.15) is 0 Å². The number of aryl methyl sites for hydroxylation is 2. The molecule has 1 aliphatic carbocycles. The SMILES string of the molecule is C=C1c2ccc(C)cc2Cc2ccc3cccc(C)c3c21.CC. The van der Waals surface area contributed by atoms with Crippen molar-refractivity contribution in [2.75, 3.05) is 0 Å². The molecule has 3 aromatic rings. The second-order valence-corrected chi connectivity index (χ2v) is 6.09. The van der Waals surface area contributed by atoms with Gasteiger partial charge in [-0.2, -0.15) is 0 Å². The van der Waals surface area contributed by atoms with Gasteiger partial charge in [0, 0.05) is 0 Å². The monoisotopic (exact) mass is 300 g/mol. The number of hydrogen-bond donors (Lipinski definition) is 0. The van der Waals surface area contributed by atoms with Crippen molar-refractivity contribution in [1.29, 1.82) is 0 Å². The summed E-state index contributed by atoms with van der Waals surface area (Å²) in [5, 5.41) is 2.68. The zero-order valence-corrected chi connectivity index (χ0v) is 14.5. The minimum Gasteiger partial charge on any atom is -0.0905 e. The van der Waals surface area contributed by atoms with E-state index < -0.39 is 0 Å². The molecule has 0 spiro atoms. The zero-order chi connectivity index (χ0) is 16.6. The Balaban J connectivity index is 0.000000753. The zero-order valence-electron chi connectivity index (χ0n) is 14.5. The molecule has 4 rings (SSSR count). The number of hydrogen-bond acceptors (Lipinski definition) is 0. The first-order valence-corrected chi connectivity index (χ1v) is 8.45. The first-order chi connectivity index (χ1) is 11.1. The molecule has 0 N–H and O–H groups in total. The van der Waals surface area contributed by atoms with Crippen LogP contribution < -0.4 is 0 Å². The highest BCUT2D eigenvalue weighted by Gasteiger charge is 2.21. The van der Waals surface area contributed by atoms with Crippen molar-refractivity contribution >= 4 is 16.3 Å². The smallest absolute Gasteiger partial charge is 0.00131 e. The standard InChI is InChI=1S/C21H18.C2H6/c1-13-7-10-19-15(3)21-17(12-18(19)11-13)9-8-16-6-4-5-14(2)20(16)21;1-2/h4-11H,3,12H2,1-2H3;1-2H3. The summed E-state index contributed by atoms with van der Waals surface area (Å²) in [4.78, 5) is 0. The summed E-state index contributed by atoms with van der Waals surface area (Å²) < 4.78 is 0. The molecule has 0 saturated heterocycles. The molecule has 0 radical (unpaired) electrons. The molecular weight excluding hydrogens is 276 g/mol. The molecule has 23 heavy (non-hydrogen) atoms. The third-order valence-electron chi connectivity index (χ3n) is 4.61. The maximum atomic E-state index is 4.42. The van der Waals surface area contributed by atoms with Crippen LogP contribution in [0.2, 0.25) is 0 Å². The summed E-state index contributed by atoms with van der Waals surface area (Å²) in [7, 11) is 0. The van der Waals surface area contributed by atoms with E-state index in [-0.39, 0.29) is 0 Å². The molecule has 1 aliphatic rings. The Hall–Kier alpha value is -2.34. The van der Waals surface area contributed by atoms with Crippen LogP contribution in [0.15, 0.2) is 55.1 Å². The average Bonchev–Trinajstić information content (AvgIpc) is 2.56. The lowest BCUT2D eigenvalue weighted by atomic mass is 9.79. The topological polar surface area (TPSA) is 0 Å². The second-order valence-electron chi connectivity index (χ2n) is 6.09. The Morgan fingerprint density at radius 1 is 0.870 bits per heavy atom. The van der Waals surface area contributed by atoms with Gasteiger partial charge in [-0.15, -0.1) is 0 Å². The Labute approximate surface area is 139 Å². The number of rotatable bonds is 0. The fraction of sp³-hybridized carbons (Fsp3) is 0.217. The van der Waals surface area contributed by atoms with Crippen molar-refractivity contribution in [3.8, 4) is 0 Å². The summed E-state index contributed by atoms with van der Waals surface area (Å²) in [6.07, 6.45) is 1.01. The van der Waals surface area contributed by atoms with Crippen LogP contribution >= 0.6 is 0 Å². The molecule has 0 fully saturated rings. The van der Waals surface area contributed by atoms with E-state index in [0.29, 0.717) is 0 Å². The van der Waals surface area contributed by atoms with Gasteiger partial charge in [-0.3, -0.25) is 0 Å². The van der Waals surface area contributed by atoms with E-state index in [1.54, 1.807) is 0 Å². The van der Waals surface area contributed by atoms with E-state index >= 15 is 0 Å². The van der Waals surface area contributed by atoms with Crippen LogP contribution in [0.3, 0.4) is 0 Å². The molecule has 0 heteroatoms. The van der Waals surface area contributed by atoms with Crippen molar-refractivity contribution in [2.24, 2.45) is 0 Å². The molecule has 0 atom stereocenters. The summed E-state index contributed by atoms with van der Waals surface area (Å²) >= 11 is 0. The molecule has 3 aromatic carbocycles. The third kappa shape index (κ3) is 2.49. The minimum absolute atomic E-state index is 1.01. The first kappa shape index (κ1) is 15.6. The van der Waals surface area contributed by atoms with Crippen molar-refractivity contribution in [3.05, 3.63) is 88.5 Å². The van der Waals surface area contributed by atoms with E-state index in [4.69, 9.17) is 0 Å². The van der Waals surface area contributed by atoms with Gasteiger partial charge in [-0.25, -0.2) is 0 Å². The summed E-state index contributed by atoms with van der Waals surface area (Å²) in [6.45, 7) is 12.8. The first-order valence-electron chi connectivity index (χ1n) is 8.45. The molecule has 0 heterocycles. The lowest BCUT2D eigenvalue weighted by Crippen LogP contribution is -2.07. The van der Waals surface area contributed by atoms with Crippen molar-refractivity contribution in [3.63, 3.8) is 0 Å². The van der Waals surface area contributed by atoms with Crippen LogP contribution in [-0.4, -0.2) is 0 Å².